The van der Waals surface area contributed by atoms with Crippen molar-refractivity contribution in [2.24, 2.45) is 5.41 Å². The molecule has 0 N–H and O–H groups in total. The number of likely N-dealkylation sites (tertiary alicyclic amines) is 1. The molecule has 2 aromatic rings. The average Bonchev–Trinajstić information content (AvgIpc) is 2.88. The topological polar surface area (TPSA) is 46.1 Å². The lowest BCUT2D eigenvalue weighted by Gasteiger charge is -2.18. The van der Waals surface area contributed by atoms with Crippen LogP contribution in [0.2, 0.25) is 0 Å². The lowest BCUT2D eigenvalue weighted by molar-refractivity contribution is -0.137. The highest BCUT2D eigenvalue weighted by molar-refractivity contribution is 5.84. The highest BCUT2D eigenvalue weighted by atomic mass is 19.4. The Morgan fingerprint density at radius 1 is 1.21 bits per heavy atom. The third kappa shape index (κ3) is 4.16. The second kappa shape index (κ2) is 7.27. The highest BCUT2D eigenvalue weighted by Gasteiger charge is 2.40. The van der Waals surface area contributed by atoms with Crippen molar-refractivity contribution in [3.63, 3.8) is 0 Å². The van der Waals surface area contributed by atoms with Crippen LogP contribution in [0.25, 0.3) is 11.3 Å². The molecule has 1 saturated heterocycles. The number of hydrogen-bond acceptors (Lipinski definition) is 3. The molecule has 146 valence electrons. The summed E-state index contributed by atoms with van der Waals surface area (Å²) in [6, 6.07) is 6.53. The van der Waals surface area contributed by atoms with E-state index in [1.54, 1.807) is 24.9 Å². The first-order chi connectivity index (χ1) is 13.1. The van der Waals surface area contributed by atoms with Gasteiger partial charge in [-0.1, -0.05) is 18.1 Å². The van der Waals surface area contributed by atoms with Crippen LogP contribution in [0, 0.1) is 24.2 Å². The van der Waals surface area contributed by atoms with Crippen LogP contribution in [0.15, 0.2) is 30.3 Å². The standard InChI is InChI=1S/C21H20F3N3O/c1-14-13-17(15-6-8-16(9-7-15)21(22,23)24)26-18(25-14)5-4-10-20(2)11-12-27(3)19(20)28/h6-9,13H,10-12H2,1-3H3. The van der Waals surface area contributed by atoms with Crippen molar-refractivity contribution in [3.05, 3.63) is 47.4 Å². The van der Waals surface area contributed by atoms with E-state index in [4.69, 9.17) is 0 Å². The Morgan fingerprint density at radius 2 is 1.89 bits per heavy atom. The maximum Gasteiger partial charge on any atom is 0.416 e. The van der Waals surface area contributed by atoms with Gasteiger partial charge in [0.05, 0.1) is 16.7 Å². The number of aromatic nitrogens is 2. The number of halogens is 3. The number of alkyl halides is 3. The van der Waals surface area contributed by atoms with Gasteiger partial charge in [-0.15, -0.1) is 0 Å². The summed E-state index contributed by atoms with van der Waals surface area (Å²) in [4.78, 5) is 22.5. The molecule has 1 aliphatic heterocycles. The van der Waals surface area contributed by atoms with Crippen molar-refractivity contribution in [3.8, 4) is 23.1 Å². The number of aryl methyl sites for hydroxylation is 1. The summed E-state index contributed by atoms with van der Waals surface area (Å²) in [5, 5.41) is 0. The predicted molar refractivity (Wildman–Crippen MR) is 99.1 cm³/mol. The van der Waals surface area contributed by atoms with E-state index in [0.717, 1.165) is 25.1 Å². The van der Waals surface area contributed by atoms with Gasteiger partial charge in [-0.2, -0.15) is 13.2 Å². The van der Waals surface area contributed by atoms with Crippen LogP contribution in [0.5, 0.6) is 0 Å². The van der Waals surface area contributed by atoms with Gasteiger partial charge in [0, 0.05) is 31.3 Å². The molecule has 1 aromatic carbocycles. The zero-order valence-corrected chi connectivity index (χ0v) is 15.9. The lowest BCUT2D eigenvalue weighted by atomic mass is 9.85. The molecule has 1 atom stereocenters. The first-order valence-corrected chi connectivity index (χ1v) is 8.86. The molecular formula is C21H20F3N3O. The first-order valence-electron chi connectivity index (χ1n) is 8.86. The Morgan fingerprint density at radius 3 is 2.46 bits per heavy atom. The van der Waals surface area contributed by atoms with Crippen LogP contribution >= 0.6 is 0 Å². The molecule has 1 amide bonds. The van der Waals surface area contributed by atoms with Gasteiger partial charge in [0.1, 0.15) is 0 Å². The minimum Gasteiger partial charge on any atom is -0.345 e. The fourth-order valence-corrected chi connectivity index (χ4v) is 3.17. The van der Waals surface area contributed by atoms with E-state index in [1.165, 1.54) is 12.1 Å². The Hall–Kier alpha value is -2.88. The first kappa shape index (κ1) is 19.9. The van der Waals surface area contributed by atoms with E-state index in [9.17, 15) is 18.0 Å². The second-order valence-electron chi connectivity index (χ2n) is 7.31. The molecule has 0 saturated carbocycles. The Kier molecular flexibility index (Phi) is 5.16. The number of amides is 1. The summed E-state index contributed by atoms with van der Waals surface area (Å²) in [5.41, 5.74) is 0.523. The van der Waals surface area contributed by atoms with Crippen LogP contribution in [0.4, 0.5) is 13.2 Å². The fourth-order valence-electron chi connectivity index (χ4n) is 3.17. The summed E-state index contributed by atoms with van der Waals surface area (Å²) in [5.74, 6) is 6.26. The van der Waals surface area contributed by atoms with E-state index in [2.05, 4.69) is 21.8 Å². The van der Waals surface area contributed by atoms with Crippen molar-refractivity contribution < 1.29 is 18.0 Å². The van der Waals surface area contributed by atoms with Gasteiger partial charge in [0.2, 0.25) is 11.7 Å². The van der Waals surface area contributed by atoms with E-state index in [0.29, 0.717) is 23.4 Å². The van der Waals surface area contributed by atoms with Crippen LogP contribution in [-0.2, 0) is 11.0 Å². The Bertz CT molecular complexity index is 958. The molecule has 2 heterocycles. The Labute approximate surface area is 161 Å². The number of hydrogen-bond donors (Lipinski definition) is 0. The van der Waals surface area contributed by atoms with E-state index >= 15 is 0 Å². The smallest absolute Gasteiger partial charge is 0.345 e. The summed E-state index contributed by atoms with van der Waals surface area (Å²) in [6.07, 6.45) is -3.22. The molecule has 0 radical (unpaired) electrons. The fraction of sp³-hybridized carbons (Fsp3) is 0.381. The van der Waals surface area contributed by atoms with Crippen LogP contribution < -0.4 is 0 Å². The molecule has 0 spiro atoms. The van der Waals surface area contributed by atoms with Crippen molar-refractivity contribution >= 4 is 5.91 Å². The molecule has 28 heavy (non-hydrogen) atoms. The van der Waals surface area contributed by atoms with Gasteiger partial charge in [-0.3, -0.25) is 4.79 Å². The highest BCUT2D eigenvalue weighted by Crippen LogP contribution is 2.33. The van der Waals surface area contributed by atoms with Crippen molar-refractivity contribution in [2.45, 2.75) is 32.9 Å². The monoisotopic (exact) mass is 387 g/mol. The van der Waals surface area contributed by atoms with Crippen molar-refractivity contribution in [1.82, 2.24) is 14.9 Å². The zero-order chi connectivity index (χ0) is 20.5. The second-order valence-corrected chi connectivity index (χ2v) is 7.31. The molecule has 1 aliphatic rings. The molecule has 7 heteroatoms. The minimum absolute atomic E-state index is 0.0809. The SMILES string of the molecule is Cc1cc(-c2ccc(C(F)(F)F)cc2)nc(C#CCC2(C)CCN(C)C2=O)n1. The molecule has 1 unspecified atom stereocenters. The summed E-state index contributed by atoms with van der Waals surface area (Å²) < 4.78 is 38.2. The van der Waals surface area contributed by atoms with Gasteiger partial charge < -0.3 is 4.90 Å². The quantitative estimate of drug-likeness (QED) is 0.730. The van der Waals surface area contributed by atoms with Crippen molar-refractivity contribution in [2.75, 3.05) is 13.6 Å². The normalized spacial score (nSPS) is 19.5. The number of rotatable bonds is 2. The van der Waals surface area contributed by atoms with Gasteiger partial charge in [-0.25, -0.2) is 9.97 Å². The van der Waals surface area contributed by atoms with Crippen LogP contribution in [-0.4, -0.2) is 34.4 Å². The van der Waals surface area contributed by atoms with E-state index in [-0.39, 0.29) is 11.7 Å². The maximum absolute atomic E-state index is 12.7. The summed E-state index contributed by atoms with van der Waals surface area (Å²) in [6.45, 7) is 4.39. The molecule has 3 rings (SSSR count). The molecule has 1 fully saturated rings. The third-order valence-electron chi connectivity index (χ3n) is 4.90. The minimum atomic E-state index is -4.38. The number of nitrogens with zero attached hydrogens (tertiary/aromatic N) is 3. The van der Waals surface area contributed by atoms with Crippen LogP contribution in [0.3, 0.4) is 0 Å². The molecule has 0 bridgehead atoms. The zero-order valence-electron chi connectivity index (χ0n) is 15.9. The van der Waals surface area contributed by atoms with Gasteiger partial charge in [-0.05, 0) is 44.4 Å². The molecular weight excluding hydrogens is 367 g/mol. The van der Waals surface area contributed by atoms with Gasteiger partial charge in [0.25, 0.3) is 0 Å². The molecule has 4 nitrogen and oxygen atoms in total. The number of benzene rings is 1. The van der Waals surface area contributed by atoms with Crippen molar-refractivity contribution in [1.29, 1.82) is 0 Å². The number of carbonyl (C=O) groups excluding carboxylic acids is 1. The predicted octanol–water partition coefficient (Wildman–Crippen LogP) is 4.08. The van der Waals surface area contributed by atoms with Gasteiger partial charge >= 0.3 is 6.18 Å². The largest absolute Gasteiger partial charge is 0.416 e. The average molecular weight is 387 g/mol. The number of carbonyl (C=O) groups is 1. The van der Waals surface area contributed by atoms with E-state index in [1.807, 2.05) is 6.92 Å². The third-order valence-corrected chi connectivity index (χ3v) is 4.90. The summed E-state index contributed by atoms with van der Waals surface area (Å²) in [7, 11) is 1.78. The Balaban J connectivity index is 1.82. The van der Waals surface area contributed by atoms with Crippen LogP contribution in [0.1, 0.15) is 36.8 Å². The van der Waals surface area contributed by atoms with E-state index < -0.39 is 17.2 Å². The summed E-state index contributed by atoms with van der Waals surface area (Å²) >= 11 is 0. The van der Waals surface area contributed by atoms with Gasteiger partial charge in [0.15, 0.2) is 0 Å². The molecule has 1 aromatic heterocycles. The molecule has 0 aliphatic carbocycles. The maximum atomic E-state index is 12.7. The lowest BCUT2D eigenvalue weighted by Crippen LogP contribution is -2.29.